The second kappa shape index (κ2) is 10.3. The average molecular weight is 414 g/mol. The first-order valence-electron chi connectivity index (χ1n) is 10.2. The van der Waals surface area contributed by atoms with Crippen molar-refractivity contribution in [2.45, 2.75) is 26.1 Å². The zero-order valence-electron chi connectivity index (χ0n) is 17.1. The highest BCUT2D eigenvalue weighted by Crippen LogP contribution is 2.27. The normalized spacial score (nSPS) is 10.6. The highest BCUT2D eigenvalue weighted by atomic mass is 19.1. The third-order valence-corrected chi connectivity index (χ3v) is 4.79. The Hall–Kier alpha value is -3.73. The molecule has 5 heteroatoms. The number of nitrogens with zero attached hydrogens (tertiary/aromatic N) is 2. The van der Waals surface area contributed by atoms with Crippen LogP contribution in [0.5, 0.6) is 11.6 Å². The van der Waals surface area contributed by atoms with Gasteiger partial charge in [-0.3, -0.25) is 0 Å². The van der Waals surface area contributed by atoms with Gasteiger partial charge in [0, 0.05) is 6.07 Å². The largest absolute Gasteiger partial charge is 0.483 e. The summed E-state index contributed by atoms with van der Waals surface area (Å²) in [6, 6.07) is 28.3. The van der Waals surface area contributed by atoms with Crippen LogP contribution in [0.25, 0.3) is 0 Å². The first kappa shape index (κ1) is 20.5. The monoisotopic (exact) mass is 414 g/mol. The lowest BCUT2D eigenvalue weighted by Gasteiger charge is -2.13. The minimum absolute atomic E-state index is 0.236. The predicted molar refractivity (Wildman–Crippen MR) is 117 cm³/mol. The molecule has 0 N–H and O–H groups in total. The van der Waals surface area contributed by atoms with E-state index in [1.54, 1.807) is 6.07 Å². The molecule has 0 spiro atoms. The average Bonchev–Trinajstić information content (AvgIpc) is 2.82. The Morgan fingerprint density at radius 1 is 0.613 bits per heavy atom. The van der Waals surface area contributed by atoms with E-state index in [1.807, 2.05) is 72.8 Å². The Morgan fingerprint density at radius 3 is 1.94 bits per heavy atom. The summed E-state index contributed by atoms with van der Waals surface area (Å²) >= 11 is 0. The van der Waals surface area contributed by atoms with Crippen LogP contribution < -0.4 is 9.47 Å². The molecule has 4 nitrogen and oxygen atoms in total. The number of aromatic nitrogens is 2. The van der Waals surface area contributed by atoms with Crippen molar-refractivity contribution in [3.63, 3.8) is 0 Å². The SMILES string of the molecule is Fc1cccc(CCc2cc(OCc3ccccc3)c(OCc3ccccc3)nn2)c1. The summed E-state index contributed by atoms with van der Waals surface area (Å²) in [5, 5.41) is 8.56. The molecule has 4 aromatic rings. The maximum Gasteiger partial charge on any atom is 0.276 e. The van der Waals surface area contributed by atoms with Crippen LogP contribution in [0.1, 0.15) is 22.4 Å². The van der Waals surface area contributed by atoms with E-state index < -0.39 is 0 Å². The highest BCUT2D eigenvalue weighted by molar-refractivity contribution is 5.34. The molecule has 31 heavy (non-hydrogen) atoms. The maximum absolute atomic E-state index is 13.4. The number of aryl methyl sites for hydroxylation is 2. The van der Waals surface area contributed by atoms with Gasteiger partial charge >= 0.3 is 0 Å². The fourth-order valence-electron chi connectivity index (χ4n) is 3.15. The Balaban J connectivity index is 1.48. The molecule has 0 fully saturated rings. The van der Waals surface area contributed by atoms with Gasteiger partial charge in [0.2, 0.25) is 0 Å². The van der Waals surface area contributed by atoms with Crippen LogP contribution in [0, 0.1) is 5.82 Å². The van der Waals surface area contributed by atoms with Gasteiger partial charge in [-0.15, -0.1) is 5.10 Å². The minimum atomic E-state index is -0.236. The van der Waals surface area contributed by atoms with Crippen LogP contribution in [-0.4, -0.2) is 10.2 Å². The van der Waals surface area contributed by atoms with Crippen LogP contribution >= 0.6 is 0 Å². The summed E-state index contributed by atoms with van der Waals surface area (Å²) < 4.78 is 25.4. The van der Waals surface area contributed by atoms with E-state index in [9.17, 15) is 4.39 Å². The highest BCUT2D eigenvalue weighted by Gasteiger charge is 2.12. The third kappa shape index (κ3) is 6.12. The number of rotatable bonds is 9. The van der Waals surface area contributed by atoms with Crippen LogP contribution in [-0.2, 0) is 26.1 Å². The molecular weight excluding hydrogens is 391 g/mol. The van der Waals surface area contributed by atoms with Gasteiger partial charge in [0.15, 0.2) is 5.75 Å². The van der Waals surface area contributed by atoms with Crippen LogP contribution in [0.15, 0.2) is 91.0 Å². The molecule has 0 aliphatic rings. The Bertz CT molecular complexity index is 1100. The molecule has 0 amide bonds. The molecule has 1 aromatic heterocycles. The van der Waals surface area contributed by atoms with E-state index in [0.717, 1.165) is 22.4 Å². The van der Waals surface area contributed by atoms with Crippen molar-refractivity contribution in [3.8, 4) is 11.6 Å². The number of hydrogen-bond acceptors (Lipinski definition) is 4. The predicted octanol–water partition coefficient (Wildman–Crippen LogP) is 5.56. The molecule has 0 unspecified atom stereocenters. The minimum Gasteiger partial charge on any atom is -0.483 e. The van der Waals surface area contributed by atoms with E-state index >= 15 is 0 Å². The molecule has 0 atom stereocenters. The van der Waals surface area contributed by atoms with Gasteiger partial charge in [-0.25, -0.2) is 4.39 Å². The first-order valence-corrected chi connectivity index (χ1v) is 10.2. The van der Waals surface area contributed by atoms with E-state index in [0.29, 0.717) is 37.7 Å². The molecule has 0 aliphatic carbocycles. The Kier molecular flexibility index (Phi) is 6.85. The Labute approximate surface area is 181 Å². The third-order valence-electron chi connectivity index (χ3n) is 4.79. The van der Waals surface area contributed by atoms with Crippen LogP contribution in [0.4, 0.5) is 4.39 Å². The van der Waals surface area contributed by atoms with Crippen LogP contribution in [0.2, 0.25) is 0 Å². The summed E-state index contributed by atoms with van der Waals surface area (Å²) in [7, 11) is 0. The van der Waals surface area contributed by atoms with E-state index in [1.165, 1.54) is 12.1 Å². The number of halogens is 1. The van der Waals surface area contributed by atoms with Gasteiger partial charge in [0.1, 0.15) is 19.0 Å². The molecule has 3 aromatic carbocycles. The number of hydrogen-bond donors (Lipinski definition) is 0. The molecule has 0 aliphatic heterocycles. The van der Waals surface area contributed by atoms with Crippen molar-refractivity contribution in [2.24, 2.45) is 0 Å². The summed E-state index contributed by atoms with van der Waals surface area (Å²) in [6.45, 7) is 0.775. The Morgan fingerprint density at radius 2 is 1.26 bits per heavy atom. The topological polar surface area (TPSA) is 44.2 Å². The standard InChI is InChI=1S/C26H23FN2O2/c27-23-13-7-12-20(16-23)14-15-24-17-25(30-18-21-8-3-1-4-9-21)26(29-28-24)31-19-22-10-5-2-6-11-22/h1-13,16-17H,14-15,18-19H2. The van der Waals surface area contributed by atoms with Gasteiger partial charge in [0.05, 0.1) is 5.69 Å². The lowest BCUT2D eigenvalue weighted by atomic mass is 10.1. The second-order valence-corrected chi connectivity index (χ2v) is 7.18. The van der Waals surface area contributed by atoms with Crippen molar-refractivity contribution in [1.82, 2.24) is 10.2 Å². The molecule has 156 valence electrons. The van der Waals surface area contributed by atoms with E-state index in [2.05, 4.69) is 10.2 Å². The molecular formula is C26H23FN2O2. The lowest BCUT2D eigenvalue weighted by Crippen LogP contribution is -2.06. The first-order chi connectivity index (χ1) is 15.3. The van der Waals surface area contributed by atoms with E-state index in [-0.39, 0.29) is 5.82 Å². The fourth-order valence-corrected chi connectivity index (χ4v) is 3.15. The van der Waals surface area contributed by atoms with E-state index in [4.69, 9.17) is 9.47 Å². The van der Waals surface area contributed by atoms with Gasteiger partial charge in [-0.1, -0.05) is 72.8 Å². The van der Waals surface area contributed by atoms with Crippen LogP contribution in [0.3, 0.4) is 0 Å². The molecule has 0 bridgehead atoms. The van der Waals surface area contributed by atoms with Crippen molar-refractivity contribution >= 4 is 0 Å². The van der Waals surface area contributed by atoms with Crippen molar-refractivity contribution < 1.29 is 13.9 Å². The maximum atomic E-state index is 13.4. The van der Waals surface area contributed by atoms with Crippen molar-refractivity contribution in [3.05, 3.63) is 119 Å². The molecule has 4 rings (SSSR count). The zero-order valence-corrected chi connectivity index (χ0v) is 17.1. The lowest BCUT2D eigenvalue weighted by molar-refractivity contribution is 0.243. The van der Waals surface area contributed by atoms with Gasteiger partial charge < -0.3 is 9.47 Å². The van der Waals surface area contributed by atoms with Gasteiger partial charge in [-0.2, -0.15) is 5.10 Å². The zero-order chi connectivity index (χ0) is 21.3. The summed E-state index contributed by atoms with van der Waals surface area (Å²) in [4.78, 5) is 0. The molecule has 0 saturated carbocycles. The fraction of sp³-hybridized carbons (Fsp3) is 0.154. The van der Waals surface area contributed by atoms with Gasteiger partial charge in [-0.05, 0) is 41.7 Å². The molecule has 0 radical (unpaired) electrons. The smallest absolute Gasteiger partial charge is 0.276 e. The molecule has 0 saturated heterocycles. The summed E-state index contributed by atoms with van der Waals surface area (Å²) in [5.74, 6) is 0.665. The quantitative estimate of drug-likeness (QED) is 0.360. The number of ether oxygens (including phenoxy) is 2. The van der Waals surface area contributed by atoms with Gasteiger partial charge in [0.25, 0.3) is 5.88 Å². The summed E-state index contributed by atoms with van der Waals surface area (Å²) in [6.07, 6.45) is 1.28. The van der Waals surface area contributed by atoms with Crippen molar-refractivity contribution in [1.29, 1.82) is 0 Å². The number of benzene rings is 3. The molecule has 1 heterocycles. The second-order valence-electron chi connectivity index (χ2n) is 7.18. The summed E-state index contributed by atoms with van der Waals surface area (Å²) in [5.41, 5.74) is 3.76. The van der Waals surface area contributed by atoms with Crippen molar-refractivity contribution in [2.75, 3.05) is 0 Å².